The van der Waals surface area contributed by atoms with Gasteiger partial charge in [-0.3, -0.25) is 0 Å². The van der Waals surface area contributed by atoms with Crippen LogP contribution in [0.1, 0.15) is 25.0 Å². The molecule has 0 saturated heterocycles. The van der Waals surface area contributed by atoms with Gasteiger partial charge in [0.2, 0.25) is 0 Å². The van der Waals surface area contributed by atoms with E-state index >= 15 is 0 Å². The van der Waals surface area contributed by atoms with Gasteiger partial charge in [-0.15, -0.1) is 0 Å². The van der Waals surface area contributed by atoms with E-state index in [0.29, 0.717) is 0 Å². The van der Waals surface area contributed by atoms with Crippen molar-refractivity contribution >= 4 is 38.9 Å². The zero-order chi connectivity index (χ0) is 39.5. The van der Waals surface area contributed by atoms with E-state index in [2.05, 4.69) is 242 Å². The van der Waals surface area contributed by atoms with Crippen molar-refractivity contribution in [1.29, 1.82) is 0 Å². The lowest BCUT2D eigenvalue weighted by Gasteiger charge is -2.28. The van der Waals surface area contributed by atoms with E-state index in [1.807, 2.05) is 0 Å². The Morgan fingerprint density at radius 1 is 0.339 bits per heavy atom. The monoisotopic (exact) mass is 754 g/mol. The van der Waals surface area contributed by atoms with Crippen molar-refractivity contribution in [3.05, 3.63) is 230 Å². The zero-order valence-electron chi connectivity index (χ0n) is 33.2. The second-order valence-electron chi connectivity index (χ2n) is 16.2. The Balaban J connectivity index is 0.968. The first-order valence-electron chi connectivity index (χ1n) is 20.5. The van der Waals surface area contributed by atoms with Crippen LogP contribution in [0.2, 0.25) is 0 Å². The molecule has 1 aromatic heterocycles. The standard InChI is InChI=1S/C57H42N2/c1-57(2)53-37-44(43-28-34-56-52(36-43)51-23-12-13-24-55(51)59(56)47-22-14-19-42(35-47)40-17-8-4-9-18-40)27-32-49(53)50-33-31-48(38-54(50)57)58(45-20-10-5-11-21-45)46-29-25-41(26-30-46)39-15-6-3-7-16-39/h3-38H,1-2H3. The fraction of sp³-hybridized carbons (Fsp3) is 0.0526. The van der Waals surface area contributed by atoms with Gasteiger partial charge in [-0.25, -0.2) is 0 Å². The molecule has 0 amide bonds. The van der Waals surface area contributed by atoms with Gasteiger partial charge in [0, 0.05) is 38.9 Å². The van der Waals surface area contributed by atoms with Gasteiger partial charge in [0.25, 0.3) is 0 Å². The summed E-state index contributed by atoms with van der Waals surface area (Å²) in [5.74, 6) is 0. The highest BCUT2D eigenvalue weighted by molar-refractivity contribution is 6.10. The molecule has 59 heavy (non-hydrogen) atoms. The number of para-hydroxylation sites is 2. The number of benzene rings is 9. The van der Waals surface area contributed by atoms with Gasteiger partial charge < -0.3 is 9.47 Å². The Kier molecular flexibility index (Phi) is 8.20. The van der Waals surface area contributed by atoms with E-state index in [1.54, 1.807) is 0 Å². The topological polar surface area (TPSA) is 8.17 Å². The normalized spacial score (nSPS) is 12.7. The maximum Gasteiger partial charge on any atom is 0.0541 e. The first-order valence-corrected chi connectivity index (χ1v) is 20.5. The van der Waals surface area contributed by atoms with Crippen molar-refractivity contribution < 1.29 is 0 Å². The maximum absolute atomic E-state index is 2.44. The Morgan fingerprint density at radius 2 is 0.831 bits per heavy atom. The highest BCUT2D eigenvalue weighted by atomic mass is 15.1. The van der Waals surface area contributed by atoms with Crippen LogP contribution in [0, 0.1) is 0 Å². The second kappa shape index (κ2) is 13.9. The van der Waals surface area contributed by atoms with Crippen LogP contribution in [0.15, 0.2) is 218 Å². The van der Waals surface area contributed by atoms with Gasteiger partial charge in [0.1, 0.15) is 0 Å². The molecule has 0 atom stereocenters. The van der Waals surface area contributed by atoms with Gasteiger partial charge >= 0.3 is 0 Å². The lowest BCUT2D eigenvalue weighted by molar-refractivity contribution is 0.660. The first-order chi connectivity index (χ1) is 29.0. The zero-order valence-corrected chi connectivity index (χ0v) is 33.2. The molecule has 0 aliphatic heterocycles. The van der Waals surface area contributed by atoms with Gasteiger partial charge in [-0.2, -0.15) is 0 Å². The Labute approximate surface area is 345 Å². The molecule has 9 aromatic carbocycles. The van der Waals surface area contributed by atoms with Gasteiger partial charge in [0.05, 0.1) is 11.0 Å². The van der Waals surface area contributed by atoms with Gasteiger partial charge in [-0.1, -0.05) is 159 Å². The van der Waals surface area contributed by atoms with Crippen LogP contribution in [0.4, 0.5) is 17.1 Å². The average Bonchev–Trinajstić information content (AvgIpc) is 3.75. The van der Waals surface area contributed by atoms with Crippen LogP contribution < -0.4 is 4.90 Å². The summed E-state index contributed by atoms with van der Waals surface area (Å²) in [6.07, 6.45) is 0. The minimum Gasteiger partial charge on any atom is -0.310 e. The highest BCUT2D eigenvalue weighted by Gasteiger charge is 2.36. The van der Waals surface area contributed by atoms with Gasteiger partial charge in [0.15, 0.2) is 0 Å². The minimum absolute atomic E-state index is 0.194. The molecule has 1 aliphatic carbocycles. The van der Waals surface area contributed by atoms with Crippen molar-refractivity contribution in [2.75, 3.05) is 4.90 Å². The fourth-order valence-electron chi connectivity index (χ4n) is 9.39. The number of rotatable bonds is 7. The molecule has 0 spiro atoms. The molecule has 0 fully saturated rings. The smallest absolute Gasteiger partial charge is 0.0541 e. The summed E-state index contributed by atoms with van der Waals surface area (Å²) in [6, 6.07) is 79.7. The van der Waals surface area contributed by atoms with Crippen molar-refractivity contribution in [2.45, 2.75) is 19.3 Å². The molecule has 1 aliphatic rings. The van der Waals surface area contributed by atoms with Crippen LogP contribution in [0.5, 0.6) is 0 Å². The van der Waals surface area contributed by atoms with Crippen molar-refractivity contribution in [3.8, 4) is 50.2 Å². The SMILES string of the molecule is CC1(C)c2cc(-c3ccc4c(c3)c3ccccc3n4-c3cccc(-c4ccccc4)c3)ccc2-c2ccc(N(c3ccccc3)c3ccc(-c4ccccc4)cc3)cc21. The highest BCUT2D eigenvalue weighted by Crippen LogP contribution is 2.52. The predicted molar refractivity (Wildman–Crippen MR) is 249 cm³/mol. The number of hydrogen-bond acceptors (Lipinski definition) is 1. The molecular weight excluding hydrogens is 713 g/mol. The number of nitrogens with zero attached hydrogens (tertiary/aromatic N) is 2. The summed E-state index contributed by atoms with van der Waals surface area (Å²) in [4.78, 5) is 2.38. The molecule has 2 nitrogen and oxygen atoms in total. The molecule has 0 bridgehead atoms. The number of anilines is 3. The van der Waals surface area contributed by atoms with E-state index in [0.717, 1.165) is 22.7 Å². The maximum atomic E-state index is 2.44. The third-order valence-corrected chi connectivity index (χ3v) is 12.4. The molecule has 0 unspecified atom stereocenters. The van der Waals surface area contributed by atoms with Crippen molar-refractivity contribution in [3.63, 3.8) is 0 Å². The van der Waals surface area contributed by atoms with Crippen LogP contribution in [-0.2, 0) is 5.41 Å². The molecule has 10 aromatic rings. The number of aromatic nitrogens is 1. The Morgan fingerprint density at radius 3 is 1.58 bits per heavy atom. The van der Waals surface area contributed by atoms with E-state index in [-0.39, 0.29) is 5.41 Å². The quantitative estimate of drug-likeness (QED) is 0.157. The Bertz CT molecular complexity index is 3160. The third kappa shape index (κ3) is 5.87. The summed E-state index contributed by atoms with van der Waals surface area (Å²) in [7, 11) is 0. The Hall–Kier alpha value is -7.42. The van der Waals surface area contributed by atoms with Crippen LogP contribution in [0.3, 0.4) is 0 Å². The summed E-state index contributed by atoms with van der Waals surface area (Å²) in [5, 5.41) is 2.52. The van der Waals surface area contributed by atoms with Crippen molar-refractivity contribution in [1.82, 2.24) is 4.57 Å². The average molecular weight is 755 g/mol. The van der Waals surface area contributed by atoms with E-state index < -0.39 is 0 Å². The first kappa shape index (κ1) is 34.8. The van der Waals surface area contributed by atoms with Crippen molar-refractivity contribution in [2.24, 2.45) is 0 Å². The number of fused-ring (bicyclic) bond motifs is 6. The van der Waals surface area contributed by atoms with E-state index in [1.165, 1.54) is 77.4 Å². The molecule has 0 radical (unpaired) electrons. The molecule has 2 heteroatoms. The third-order valence-electron chi connectivity index (χ3n) is 12.4. The predicted octanol–water partition coefficient (Wildman–Crippen LogP) is 15.6. The lowest BCUT2D eigenvalue weighted by Crippen LogP contribution is -2.16. The molecular formula is C57H42N2. The van der Waals surface area contributed by atoms with Crippen LogP contribution in [0.25, 0.3) is 72.0 Å². The lowest BCUT2D eigenvalue weighted by atomic mass is 9.81. The summed E-state index contributed by atoms with van der Waals surface area (Å²) >= 11 is 0. The molecule has 11 rings (SSSR count). The summed E-state index contributed by atoms with van der Waals surface area (Å²) in [5.41, 5.74) is 19.5. The number of hydrogen-bond donors (Lipinski definition) is 0. The fourth-order valence-corrected chi connectivity index (χ4v) is 9.39. The van der Waals surface area contributed by atoms with Gasteiger partial charge in [-0.05, 0) is 128 Å². The summed E-state index contributed by atoms with van der Waals surface area (Å²) < 4.78 is 2.41. The van der Waals surface area contributed by atoms with E-state index in [9.17, 15) is 0 Å². The van der Waals surface area contributed by atoms with E-state index in [4.69, 9.17) is 0 Å². The second-order valence-corrected chi connectivity index (χ2v) is 16.2. The molecule has 1 heterocycles. The summed E-state index contributed by atoms with van der Waals surface area (Å²) in [6.45, 7) is 4.76. The molecule has 280 valence electrons. The van der Waals surface area contributed by atoms with Crippen LogP contribution in [-0.4, -0.2) is 4.57 Å². The molecule has 0 saturated carbocycles. The molecule has 0 N–H and O–H groups in total. The largest absolute Gasteiger partial charge is 0.310 e. The minimum atomic E-state index is -0.194. The van der Waals surface area contributed by atoms with Crippen LogP contribution >= 0.6 is 0 Å².